The Morgan fingerprint density at radius 1 is 1.02 bits per heavy atom. The van der Waals surface area contributed by atoms with Crippen LogP contribution in [0.15, 0.2) is 66.1 Å². The number of imidazole rings is 1. The fourth-order valence-electron chi connectivity index (χ4n) is 7.51. The molecule has 4 heterocycles. The maximum absolute atomic E-state index is 15.6. The second-order valence-electron chi connectivity index (χ2n) is 15.7. The summed E-state index contributed by atoms with van der Waals surface area (Å²) in [5.41, 5.74) is -3.88. The average molecular weight is 886 g/mol. The summed E-state index contributed by atoms with van der Waals surface area (Å²) in [7, 11) is -1.11. The number of aromatic nitrogens is 7. The zero-order valence-electron chi connectivity index (χ0n) is 33.8. The highest BCUT2D eigenvalue weighted by molar-refractivity contribution is 7.92. The first-order valence-corrected chi connectivity index (χ1v) is 20.4. The number of alkyl halides is 5. The largest absolute Gasteiger partial charge is 0.435 e. The number of amides is 1. The van der Waals surface area contributed by atoms with Gasteiger partial charge in [0.25, 0.3) is 15.9 Å². The van der Waals surface area contributed by atoms with E-state index < -0.39 is 93.1 Å². The lowest BCUT2D eigenvalue weighted by Crippen LogP contribution is -2.35. The Morgan fingerprint density at radius 2 is 1.71 bits per heavy atom. The molecular weight excluding hydrogens is 848 g/mol. The molecule has 326 valence electrons. The molecule has 62 heavy (non-hydrogen) atoms. The van der Waals surface area contributed by atoms with Crippen LogP contribution in [-0.4, -0.2) is 59.1 Å². The summed E-state index contributed by atoms with van der Waals surface area (Å²) < 4.78 is 135. The van der Waals surface area contributed by atoms with Crippen molar-refractivity contribution in [1.82, 2.24) is 39.4 Å². The maximum Gasteiger partial charge on any atom is 0.435 e. The lowest BCUT2D eigenvalue weighted by molar-refractivity contribution is -0.143. The highest BCUT2D eigenvalue weighted by Crippen LogP contribution is 2.55. The summed E-state index contributed by atoms with van der Waals surface area (Å²) in [5, 5.41) is 20.9. The standard InChI is InChI=1S/C41H38F7N9O4S/c1-21-22(2)40(44,45)37-33(21)36(41(46,47)48)52-57(37)18-31(58)51-30(16-23-14-24(42)17-25(43)15-23)34-27(11-10-26(50-34)12-13-39(3,4)59)28-8-7-9-29-35(28)56(6)53-38(29)54-62(60,61)32-19-55(5)20-49-32/h7-11,14-15,17,19-22,30,59H,16,18H2,1-6H3,(H,51,58)(H,53,54)/t21-,22+,30-/m0/s1. The van der Waals surface area contributed by atoms with E-state index in [4.69, 9.17) is 4.98 Å². The Kier molecular flexibility index (Phi) is 11.0. The van der Waals surface area contributed by atoms with Gasteiger partial charge >= 0.3 is 6.18 Å². The average Bonchev–Trinajstić information content (AvgIpc) is 3.90. The van der Waals surface area contributed by atoms with Gasteiger partial charge in [0, 0.05) is 54.4 Å². The van der Waals surface area contributed by atoms with E-state index in [0.29, 0.717) is 27.2 Å². The predicted octanol–water partition coefficient (Wildman–Crippen LogP) is 6.73. The molecule has 1 aliphatic rings. The van der Waals surface area contributed by atoms with Gasteiger partial charge in [0.2, 0.25) is 5.91 Å². The number of nitrogens with zero attached hydrogens (tertiary/aromatic N) is 7. The van der Waals surface area contributed by atoms with Gasteiger partial charge < -0.3 is 15.0 Å². The minimum Gasteiger partial charge on any atom is -0.378 e. The van der Waals surface area contributed by atoms with E-state index in [0.717, 1.165) is 19.1 Å². The molecule has 13 nitrogen and oxygen atoms in total. The number of aliphatic hydroxyl groups is 1. The van der Waals surface area contributed by atoms with Crippen molar-refractivity contribution < 1.29 is 49.1 Å². The fraction of sp³-hybridized carbons (Fsp3) is 0.341. The lowest BCUT2D eigenvalue weighted by Gasteiger charge is -2.23. The molecule has 7 rings (SSSR count). The molecule has 0 aliphatic heterocycles. The Labute approximate surface area is 350 Å². The van der Waals surface area contributed by atoms with Crippen molar-refractivity contribution in [2.45, 2.75) is 75.3 Å². The first-order valence-electron chi connectivity index (χ1n) is 18.9. The van der Waals surface area contributed by atoms with Gasteiger partial charge in [-0.1, -0.05) is 31.9 Å². The van der Waals surface area contributed by atoms with E-state index in [9.17, 15) is 40.3 Å². The number of anilines is 1. The Morgan fingerprint density at radius 3 is 2.34 bits per heavy atom. The van der Waals surface area contributed by atoms with Crippen LogP contribution in [0.25, 0.3) is 22.0 Å². The number of carbonyl (C=O) groups is 1. The number of hydrogen-bond donors (Lipinski definition) is 3. The first-order chi connectivity index (χ1) is 28.8. The molecule has 1 amide bonds. The van der Waals surface area contributed by atoms with Crippen molar-refractivity contribution in [3.8, 4) is 23.0 Å². The smallest absolute Gasteiger partial charge is 0.378 e. The Bertz CT molecular complexity index is 2900. The molecular formula is C41H38F7N9O4S. The highest BCUT2D eigenvalue weighted by Gasteiger charge is 2.57. The maximum atomic E-state index is 15.6. The van der Waals surface area contributed by atoms with E-state index in [2.05, 4.69) is 37.1 Å². The third-order valence-corrected chi connectivity index (χ3v) is 11.7. The summed E-state index contributed by atoms with van der Waals surface area (Å²) in [4.78, 5) is 22.7. The molecule has 21 heteroatoms. The van der Waals surface area contributed by atoms with E-state index in [1.54, 1.807) is 31.3 Å². The minimum absolute atomic E-state index is 0.00740. The molecule has 0 radical (unpaired) electrons. The third-order valence-electron chi connectivity index (χ3n) is 10.4. The summed E-state index contributed by atoms with van der Waals surface area (Å²) in [6.45, 7) is 4.04. The van der Waals surface area contributed by atoms with Crippen molar-refractivity contribution in [3.63, 3.8) is 0 Å². The van der Waals surface area contributed by atoms with Gasteiger partial charge in [-0.3, -0.25) is 18.9 Å². The van der Waals surface area contributed by atoms with Crippen LogP contribution in [0, 0.1) is 29.4 Å². The molecule has 6 aromatic rings. The van der Waals surface area contributed by atoms with Crippen LogP contribution < -0.4 is 10.0 Å². The summed E-state index contributed by atoms with van der Waals surface area (Å²) >= 11 is 0. The Balaban J connectivity index is 1.38. The number of sulfonamides is 1. The summed E-state index contributed by atoms with van der Waals surface area (Å²) in [5.74, 6) is -4.37. The van der Waals surface area contributed by atoms with Crippen LogP contribution in [0.5, 0.6) is 0 Å². The number of nitrogens with one attached hydrogen (secondary N) is 2. The first kappa shape index (κ1) is 43.8. The van der Waals surface area contributed by atoms with Gasteiger partial charge in [-0.2, -0.15) is 40.6 Å². The SMILES string of the molecule is C[C@@H]1c2c(C(F)(F)F)nn(CC(=O)N[C@@H](Cc3cc(F)cc(F)c3)c3nc(C#CC(C)(C)O)ccc3-c3cccc4c(NS(=O)(=O)c5cn(C)cn5)nn(C)c34)c2C(F)(F)[C@@H]1C. The van der Waals surface area contributed by atoms with E-state index in [1.807, 2.05) is 0 Å². The number of fused-ring (bicyclic) bond motifs is 2. The van der Waals surface area contributed by atoms with E-state index in [1.165, 1.54) is 55.7 Å². The third kappa shape index (κ3) is 8.48. The van der Waals surface area contributed by atoms with E-state index >= 15 is 8.78 Å². The molecule has 0 fully saturated rings. The normalized spacial score (nSPS) is 16.8. The van der Waals surface area contributed by atoms with Gasteiger partial charge in [0.1, 0.15) is 35.2 Å². The van der Waals surface area contributed by atoms with Gasteiger partial charge in [0.05, 0.1) is 23.6 Å². The molecule has 3 atom stereocenters. The lowest BCUT2D eigenvalue weighted by atomic mass is 9.93. The van der Waals surface area contributed by atoms with E-state index in [-0.39, 0.29) is 33.4 Å². The van der Waals surface area contributed by atoms with Gasteiger partial charge in [-0.05, 0) is 68.0 Å². The molecule has 1 aliphatic carbocycles. The number of carbonyl (C=O) groups excluding carboxylic acids is 1. The van der Waals surface area contributed by atoms with Gasteiger partial charge in [-0.25, -0.2) is 18.7 Å². The predicted molar refractivity (Wildman–Crippen MR) is 211 cm³/mol. The van der Waals surface area contributed by atoms with Crippen molar-refractivity contribution >= 4 is 32.7 Å². The fourth-order valence-corrected chi connectivity index (χ4v) is 8.51. The number of pyridine rings is 1. The van der Waals surface area contributed by atoms with Crippen molar-refractivity contribution in [1.29, 1.82) is 0 Å². The molecule has 0 spiro atoms. The molecule has 0 saturated carbocycles. The highest BCUT2D eigenvalue weighted by atomic mass is 32.2. The monoisotopic (exact) mass is 885 g/mol. The number of hydrogen-bond acceptors (Lipinski definition) is 8. The quantitative estimate of drug-likeness (QED) is 0.101. The molecule has 0 unspecified atom stereocenters. The number of rotatable bonds is 10. The van der Waals surface area contributed by atoms with Crippen molar-refractivity contribution in [2.75, 3.05) is 4.72 Å². The van der Waals surface area contributed by atoms with Crippen LogP contribution in [0.3, 0.4) is 0 Å². The number of halogens is 7. The molecule has 4 aromatic heterocycles. The van der Waals surface area contributed by atoms with Crippen LogP contribution in [0.2, 0.25) is 0 Å². The van der Waals surface area contributed by atoms with Crippen molar-refractivity contribution in [2.24, 2.45) is 20.0 Å². The second kappa shape index (κ2) is 15.6. The number of aryl methyl sites for hydroxylation is 2. The molecule has 0 bridgehead atoms. The zero-order chi connectivity index (χ0) is 45.3. The number of para-hydroxylation sites is 1. The van der Waals surface area contributed by atoms with Gasteiger partial charge in [0.15, 0.2) is 16.5 Å². The Hall–Kier alpha value is -6.27. The van der Waals surface area contributed by atoms with Crippen LogP contribution in [-0.2, 0) is 54.0 Å². The summed E-state index contributed by atoms with van der Waals surface area (Å²) in [6, 6.07) is 9.00. The molecule has 2 aromatic carbocycles. The van der Waals surface area contributed by atoms with Crippen molar-refractivity contribution in [3.05, 3.63) is 107 Å². The van der Waals surface area contributed by atoms with Gasteiger partial charge in [-0.15, -0.1) is 0 Å². The summed E-state index contributed by atoms with van der Waals surface area (Å²) in [6.07, 6.45) is -2.94. The second-order valence-corrected chi connectivity index (χ2v) is 17.3. The topological polar surface area (TPSA) is 162 Å². The molecule has 0 saturated heterocycles. The van der Waals surface area contributed by atoms with Crippen LogP contribution >= 0.6 is 0 Å². The molecule has 3 N–H and O–H groups in total. The van der Waals surface area contributed by atoms with Crippen LogP contribution in [0.1, 0.15) is 73.6 Å². The van der Waals surface area contributed by atoms with Crippen LogP contribution in [0.4, 0.5) is 36.6 Å². The minimum atomic E-state index is -5.13. The zero-order valence-corrected chi connectivity index (χ0v) is 34.6. The number of benzene rings is 2.